The van der Waals surface area contributed by atoms with E-state index < -0.39 is 0 Å². The number of nitrogens with one attached hydrogen (secondary N) is 1. The first-order valence-electron chi connectivity index (χ1n) is 6.01. The summed E-state index contributed by atoms with van der Waals surface area (Å²) in [6.07, 6.45) is 0. The van der Waals surface area contributed by atoms with Crippen LogP contribution >= 0.6 is 50.9 Å². The van der Waals surface area contributed by atoms with Crippen LogP contribution in [0, 0.1) is 6.92 Å². The van der Waals surface area contributed by atoms with Crippen molar-refractivity contribution in [3.8, 4) is 0 Å². The van der Waals surface area contributed by atoms with E-state index in [9.17, 15) is 0 Å². The number of rotatable bonds is 3. The van der Waals surface area contributed by atoms with E-state index in [0.717, 1.165) is 33.3 Å². The first kappa shape index (κ1) is 15.0. The molecule has 0 aliphatic heterocycles. The van der Waals surface area contributed by atoms with Crippen LogP contribution in [0.3, 0.4) is 0 Å². The molecule has 0 spiro atoms. The first-order valence-corrected chi connectivity index (χ1v) is 8.29. The highest BCUT2D eigenvalue weighted by Gasteiger charge is 2.16. The summed E-state index contributed by atoms with van der Waals surface area (Å²) in [5, 5.41) is 8.69. The largest absolute Gasteiger partial charge is 0.376 e. The van der Waals surface area contributed by atoms with Gasteiger partial charge in [-0.1, -0.05) is 23.2 Å². The molecule has 3 rings (SSSR count). The number of hydrogen-bond donors (Lipinski definition) is 1. The summed E-state index contributed by atoms with van der Waals surface area (Å²) in [5.41, 5.74) is 4.05. The molecule has 1 aromatic carbocycles. The molecule has 2 aromatic heterocycles. The minimum Gasteiger partial charge on any atom is -0.376 e. The van der Waals surface area contributed by atoms with E-state index in [-0.39, 0.29) is 0 Å². The van der Waals surface area contributed by atoms with Gasteiger partial charge in [0.2, 0.25) is 0 Å². The number of halogens is 3. The summed E-state index contributed by atoms with van der Waals surface area (Å²) in [5.74, 6) is 0. The maximum absolute atomic E-state index is 6.27. The van der Waals surface area contributed by atoms with Crippen molar-refractivity contribution in [2.75, 3.05) is 5.32 Å². The van der Waals surface area contributed by atoms with Gasteiger partial charge in [-0.2, -0.15) is 13.8 Å². The lowest BCUT2D eigenvalue weighted by Gasteiger charge is -2.10. The highest BCUT2D eigenvalue weighted by Crippen LogP contribution is 2.35. The summed E-state index contributed by atoms with van der Waals surface area (Å²) in [6, 6.07) is 1.68. The Bertz CT molecular complexity index is 829. The fourth-order valence-corrected chi connectivity index (χ4v) is 3.74. The molecular formula is C12H10BrCl2N5S. The Morgan fingerprint density at radius 2 is 2.00 bits per heavy atom. The van der Waals surface area contributed by atoms with Crippen LogP contribution < -0.4 is 5.32 Å². The Labute approximate surface area is 143 Å². The quantitative estimate of drug-likeness (QED) is 0.699. The molecule has 0 radical (unpaired) electrons. The number of fused-ring (bicyclic) bond motifs is 1. The van der Waals surface area contributed by atoms with Crippen LogP contribution in [0.15, 0.2) is 10.5 Å². The summed E-state index contributed by atoms with van der Waals surface area (Å²) >= 11 is 17.0. The molecule has 0 amide bonds. The Balaban J connectivity index is 1.97. The van der Waals surface area contributed by atoms with Crippen molar-refractivity contribution in [1.29, 1.82) is 0 Å². The zero-order chi connectivity index (χ0) is 15.1. The lowest BCUT2D eigenvalue weighted by Crippen LogP contribution is -2.06. The van der Waals surface area contributed by atoms with Crippen molar-refractivity contribution in [3.63, 3.8) is 0 Å². The molecule has 0 saturated heterocycles. The molecule has 21 heavy (non-hydrogen) atoms. The van der Waals surface area contributed by atoms with Gasteiger partial charge in [0, 0.05) is 7.05 Å². The molecule has 0 atom stereocenters. The average molecular weight is 407 g/mol. The summed E-state index contributed by atoms with van der Waals surface area (Å²) in [7, 11) is 1.90. The van der Waals surface area contributed by atoms with Crippen LogP contribution in [0.25, 0.3) is 11.0 Å². The Morgan fingerprint density at radius 3 is 2.67 bits per heavy atom. The number of nitrogens with zero attached hydrogens (tertiary/aromatic N) is 4. The van der Waals surface area contributed by atoms with Crippen molar-refractivity contribution >= 4 is 67.6 Å². The smallest absolute Gasteiger partial charge is 0.130 e. The van der Waals surface area contributed by atoms with E-state index in [1.807, 2.05) is 18.7 Å². The van der Waals surface area contributed by atoms with Gasteiger partial charge in [-0.3, -0.25) is 4.68 Å². The van der Waals surface area contributed by atoms with E-state index in [0.29, 0.717) is 27.6 Å². The maximum atomic E-state index is 6.27. The number of benzene rings is 1. The second-order valence-corrected chi connectivity index (χ2v) is 6.64. The first-order chi connectivity index (χ1) is 9.99. The third kappa shape index (κ3) is 2.63. The Hall–Kier alpha value is -0.890. The number of anilines is 1. The van der Waals surface area contributed by atoms with Crippen LogP contribution in [0.1, 0.15) is 11.4 Å². The predicted octanol–water partition coefficient (Wildman–Crippen LogP) is 4.41. The van der Waals surface area contributed by atoms with Crippen LogP contribution in [0.4, 0.5) is 5.69 Å². The van der Waals surface area contributed by atoms with Gasteiger partial charge >= 0.3 is 0 Å². The Morgan fingerprint density at radius 1 is 1.29 bits per heavy atom. The third-order valence-corrected chi connectivity index (χ3v) is 5.28. The van der Waals surface area contributed by atoms with E-state index in [1.165, 1.54) is 0 Å². The third-order valence-electron chi connectivity index (χ3n) is 3.14. The molecule has 0 saturated carbocycles. The monoisotopic (exact) mass is 405 g/mol. The van der Waals surface area contributed by atoms with Crippen LogP contribution in [0.2, 0.25) is 10.0 Å². The molecule has 9 heteroatoms. The van der Waals surface area contributed by atoms with Crippen molar-refractivity contribution in [1.82, 2.24) is 18.5 Å². The standard InChI is InChI=1S/C12H10BrCl2N5S/c1-5-9(13)8(20(2)17-5)4-16-10-6(14)3-7(15)11-12(10)19-21-18-11/h3,16H,4H2,1-2H3. The zero-order valence-corrected chi connectivity index (χ0v) is 15.0. The molecular weight excluding hydrogens is 397 g/mol. The normalized spacial score (nSPS) is 11.3. The summed E-state index contributed by atoms with van der Waals surface area (Å²) < 4.78 is 11.3. The van der Waals surface area contributed by atoms with Gasteiger partial charge in [-0.15, -0.1) is 0 Å². The lowest BCUT2D eigenvalue weighted by molar-refractivity contribution is 0.713. The fourth-order valence-electron chi connectivity index (χ4n) is 2.09. The highest BCUT2D eigenvalue weighted by molar-refractivity contribution is 9.10. The molecule has 0 aliphatic rings. The molecule has 2 heterocycles. The fraction of sp³-hybridized carbons (Fsp3) is 0.250. The lowest BCUT2D eigenvalue weighted by atomic mass is 10.2. The number of aromatic nitrogens is 4. The van der Waals surface area contributed by atoms with E-state index in [1.54, 1.807) is 6.07 Å². The van der Waals surface area contributed by atoms with Gasteiger partial charge in [0.05, 0.1) is 49.9 Å². The van der Waals surface area contributed by atoms with E-state index in [2.05, 4.69) is 35.1 Å². The zero-order valence-electron chi connectivity index (χ0n) is 11.1. The van der Waals surface area contributed by atoms with Crippen molar-refractivity contribution < 1.29 is 0 Å². The van der Waals surface area contributed by atoms with E-state index >= 15 is 0 Å². The second kappa shape index (κ2) is 5.72. The summed E-state index contributed by atoms with van der Waals surface area (Å²) in [6.45, 7) is 2.51. The van der Waals surface area contributed by atoms with Crippen molar-refractivity contribution in [2.24, 2.45) is 7.05 Å². The molecule has 0 aliphatic carbocycles. The molecule has 0 fully saturated rings. The van der Waals surface area contributed by atoms with Crippen molar-refractivity contribution in [3.05, 3.63) is 32.0 Å². The molecule has 110 valence electrons. The Kier molecular flexibility index (Phi) is 4.09. The number of hydrogen-bond acceptors (Lipinski definition) is 5. The minimum absolute atomic E-state index is 0.506. The van der Waals surface area contributed by atoms with Gasteiger partial charge in [0.1, 0.15) is 11.0 Å². The predicted molar refractivity (Wildman–Crippen MR) is 90.4 cm³/mol. The molecule has 3 aromatic rings. The summed E-state index contributed by atoms with van der Waals surface area (Å²) in [4.78, 5) is 0. The van der Waals surface area contributed by atoms with Gasteiger partial charge in [-0.05, 0) is 28.9 Å². The van der Waals surface area contributed by atoms with E-state index in [4.69, 9.17) is 23.2 Å². The highest BCUT2D eigenvalue weighted by atomic mass is 79.9. The van der Waals surface area contributed by atoms with Gasteiger partial charge in [0.15, 0.2) is 0 Å². The minimum atomic E-state index is 0.506. The van der Waals surface area contributed by atoms with Crippen LogP contribution in [-0.4, -0.2) is 18.5 Å². The second-order valence-electron chi connectivity index (χ2n) is 4.50. The SMILES string of the molecule is Cc1nn(C)c(CNc2c(Cl)cc(Cl)c3nsnc23)c1Br. The molecule has 5 nitrogen and oxygen atoms in total. The van der Waals surface area contributed by atoms with Gasteiger partial charge in [0.25, 0.3) is 0 Å². The molecule has 1 N–H and O–H groups in total. The molecule has 0 bridgehead atoms. The van der Waals surface area contributed by atoms with Gasteiger partial charge in [-0.25, -0.2) is 0 Å². The van der Waals surface area contributed by atoms with Crippen LogP contribution in [-0.2, 0) is 13.6 Å². The molecule has 0 unspecified atom stereocenters. The van der Waals surface area contributed by atoms with Gasteiger partial charge < -0.3 is 5.32 Å². The average Bonchev–Trinajstić information content (AvgIpc) is 2.99. The van der Waals surface area contributed by atoms with Crippen molar-refractivity contribution in [2.45, 2.75) is 13.5 Å². The maximum Gasteiger partial charge on any atom is 0.130 e. The number of aryl methyl sites for hydroxylation is 2. The topological polar surface area (TPSA) is 55.6 Å². The van der Waals surface area contributed by atoms with Crippen LogP contribution in [0.5, 0.6) is 0 Å².